The molecule has 270 valence electrons. The van der Waals surface area contributed by atoms with Gasteiger partial charge in [0, 0.05) is 31.9 Å². The minimum absolute atomic E-state index is 0.189. The van der Waals surface area contributed by atoms with E-state index in [4.69, 9.17) is 19.2 Å². The van der Waals surface area contributed by atoms with Crippen LogP contribution < -0.4 is 30.3 Å². The summed E-state index contributed by atoms with van der Waals surface area (Å²) >= 11 is 0. The molecule has 1 saturated heterocycles. The number of fused-ring (bicyclic) bond motifs is 1. The molecule has 4 amide bonds. The van der Waals surface area contributed by atoms with Gasteiger partial charge in [-0.05, 0) is 69.3 Å². The van der Waals surface area contributed by atoms with Gasteiger partial charge in [-0.15, -0.1) is 0 Å². The zero-order valence-electron chi connectivity index (χ0n) is 29.5. The predicted molar refractivity (Wildman–Crippen MR) is 191 cm³/mol. The Morgan fingerprint density at radius 1 is 0.961 bits per heavy atom. The number of hydrogen-bond acceptors (Lipinski definition) is 9. The molecule has 0 radical (unpaired) electrons. The lowest BCUT2D eigenvalue weighted by atomic mass is 10.1. The maximum Gasteiger partial charge on any atom is 0.410 e. The van der Waals surface area contributed by atoms with Crippen LogP contribution in [0, 0.1) is 5.82 Å². The van der Waals surface area contributed by atoms with Gasteiger partial charge < -0.3 is 29.4 Å². The van der Waals surface area contributed by atoms with Gasteiger partial charge in [0.2, 0.25) is 5.91 Å². The number of hydrogen-bond donors (Lipinski definition) is 1. The second-order valence-electron chi connectivity index (χ2n) is 11.9. The number of anilines is 2. The zero-order valence-corrected chi connectivity index (χ0v) is 29.5. The maximum absolute atomic E-state index is 14.3. The maximum atomic E-state index is 14.3. The zero-order chi connectivity index (χ0) is 36.8. The fourth-order valence-corrected chi connectivity index (χ4v) is 5.92. The highest BCUT2D eigenvalue weighted by Gasteiger charge is 2.34. The van der Waals surface area contributed by atoms with E-state index in [0.29, 0.717) is 33.8 Å². The topological polar surface area (TPSA) is 139 Å². The number of aromatic nitrogens is 2. The summed E-state index contributed by atoms with van der Waals surface area (Å²) in [5.74, 6) is 0.359. The van der Waals surface area contributed by atoms with Crippen LogP contribution in [0.1, 0.15) is 32.6 Å². The Bertz CT molecular complexity index is 1950. The molecule has 1 fully saturated rings. The Morgan fingerprint density at radius 2 is 1.65 bits per heavy atom. The molecule has 1 aliphatic rings. The average Bonchev–Trinajstić information content (AvgIpc) is 3.15. The number of ether oxygens (including phenoxy) is 3. The Balaban J connectivity index is 1.54. The molecule has 4 aromatic rings. The first-order valence-electron chi connectivity index (χ1n) is 16.5. The SMILES string of the molecule is CCOC(=O)N(C)[C@@H](C)C(=O)N1CCN(n2c(C(C)N(C(=O)Nc3ccc(F)cc3)c3ccc(OC)cc3OC)nc3ccccc3c2=O)CC1. The van der Waals surface area contributed by atoms with Crippen LogP contribution in [0.15, 0.2) is 71.5 Å². The minimum Gasteiger partial charge on any atom is -0.497 e. The van der Waals surface area contributed by atoms with Crippen LogP contribution in [-0.4, -0.2) is 97.6 Å². The highest BCUT2D eigenvalue weighted by molar-refractivity contribution is 6.03. The molecule has 1 aromatic heterocycles. The van der Waals surface area contributed by atoms with Crippen molar-refractivity contribution in [3.63, 3.8) is 0 Å². The molecule has 0 saturated carbocycles. The molecule has 0 spiro atoms. The lowest BCUT2D eigenvalue weighted by Gasteiger charge is -2.40. The summed E-state index contributed by atoms with van der Waals surface area (Å²) in [7, 11) is 4.50. The first-order valence-corrected chi connectivity index (χ1v) is 16.5. The number of nitrogens with one attached hydrogen (secondary N) is 1. The molecule has 14 nitrogen and oxygen atoms in total. The summed E-state index contributed by atoms with van der Waals surface area (Å²) in [4.78, 5) is 63.4. The van der Waals surface area contributed by atoms with Crippen molar-refractivity contribution < 1.29 is 33.0 Å². The first kappa shape index (κ1) is 36.4. The molecule has 2 atom stereocenters. The molecular formula is C36H42FN7O7. The number of halogens is 1. The number of urea groups is 1. The lowest BCUT2D eigenvalue weighted by Crippen LogP contribution is -2.59. The number of para-hydroxylation sites is 1. The van der Waals surface area contributed by atoms with Crippen LogP contribution >= 0.6 is 0 Å². The monoisotopic (exact) mass is 703 g/mol. The van der Waals surface area contributed by atoms with Gasteiger partial charge in [0.1, 0.15) is 23.4 Å². The molecular weight excluding hydrogens is 661 g/mol. The molecule has 0 bridgehead atoms. The van der Waals surface area contributed by atoms with Gasteiger partial charge in [0.25, 0.3) is 5.56 Å². The standard InChI is InChI=1S/C36H42FN7O7/c1-7-51-36(48)40(4)24(3)33(45)41-18-20-42(21-19-41)44-32(39-29-11-9-8-10-28(29)34(44)46)23(2)43(30-17-16-27(49-5)22-31(30)50-6)35(47)38-26-14-12-25(37)13-15-26/h8-17,22-24H,7,18-21H2,1-6H3,(H,38,47)/t23?,24-/m0/s1. The number of nitrogens with zero attached hydrogens (tertiary/aromatic N) is 6. The third kappa shape index (κ3) is 7.66. The third-order valence-electron chi connectivity index (χ3n) is 8.85. The molecule has 51 heavy (non-hydrogen) atoms. The molecule has 1 aliphatic heterocycles. The van der Waals surface area contributed by atoms with Gasteiger partial charge in [-0.25, -0.2) is 23.6 Å². The van der Waals surface area contributed by atoms with Crippen molar-refractivity contribution in [3.8, 4) is 11.5 Å². The Kier molecular flexibility index (Phi) is 11.3. The van der Waals surface area contributed by atoms with Crippen molar-refractivity contribution >= 4 is 40.3 Å². The van der Waals surface area contributed by atoms with Crippen LogP contribution in [-0.2, 0) is 9.53 Å². The van der Waals surface area contributed by atoms with Gasteiger partial charge in [-0.3, -0.25) is 19.4 Å². The Hall–Kier alpha value is -5.86. The second-order valence-corrected chi connectivity index (χ2v) is 11.9. The van der Waals surface area contributed by atoms with Gasteiger partial charge in [-0.1, -0.05) is 12.1 Å². The smallest absolute Gasteiger partial charge is 0.410 e. The van der Waals surface area contributed by atoms with Crippen LogP contribution in [0.3, 0.4) is 0 Å². The first-order chi connectivity index (χ1) is 24.5. The third-order valence-corrected chi connectivity index (χ3v) is 8.85. The number of amides is 4. The molecule has 1 unspecified atom stereocenters. The van der Waals surface area contributed by atoms with Gasteiger partial charge >= 0.3 is 12.1 Å². The summed E-state index contributed by atoms with van der Waals surface area (Å²) in [5, 5.41) is 5.01. The van der Waals surface area contributed by atoms with Crippen LogP contribution in [0.4, 0.5) is 25.4 Å². The number of likely N-dealkylation sites (N-methyl/N-ethyl adjacent to an activating group) is 1. The predicted octanol–water partition coefficient (Wildman–Crippen LogP) is 4.61. The van der Waals surface area contributed by atoms with Gasteiger partial charge in [0.05, 0.1) is 56.5 Å². The Morgan fingerprint density at radius 3 is 2.29 bits per heavy atom. The average molecular weight is 704 g/mol. The molecule has 5 rings (SSSR count). The van der Waals surface area contributed by atoms with E-state index in [0.717, 1.165) is 0 Å². The van der Waals surface area contributed by atoms with E-state index in [1.165, 1.54) is 60.0 Å². The molecule has 3 aromatic carbocycles. The summed E-state index contributed by atoms with van der Waals surface area (Å²) in [6, 6.07) is 15.0. The van der Waals surface area contributed by atoms with E-state index in [9.17, 15) is 23.6 Å². The summed E-state index contributed by atoms with van der Waals surface area (Å²) < 4.78 is 31.3. The largest absolute Gasteiger partial charge is 0.497 e. The van der Waals surface area contributed by atoms with Gasteiger partial charge in [0.15, 0.2) is 5.82 Å². The van der Waals surface area contributed by atoms with Crippen molar-refractivity contribution in [1.82, 2.24) is 19.5 Å². The summed E-state index contributed by atoms with van der Waals surface area (Å²) in [6.07, 6.45) is -0.592. The minimum atomic E-state index is -0.886. The normalized spacial score (nSPS) is 14.0. The molecule has 1 N–H and O–H groups in total. The molecule has 0 aliphatic carbocycles. The number of methoxy groups -OCH3 is 2. The van der Waals surface area contributed by atoms with Crippen LogP contribution in [0.2, 0.25) is 0 Å². The van der Waals surface area contributed by atoms with Crippen molar-refractivity contribution in [3.05, 3.63) is 88.7 Å². The lowest BCUT2D eigenvalue weighted by molar-refractivity contribution is -0.136. The van der Waals surface area contributed by atoms with Crippen LogP contribution in [0.25, 0.3) is 10.9 Å². The number of carbonyl (C=O) groups excluding carboxylic acids is 3. The second kappa shape index (κ2) is 15.8. The fourth-order valence-electron chi connectivity index (χ4n) is 5.92. The number of rotatable bonds is 10. The van der Waals surface area contributed by atoms with Crippen LogP contribution in [0.5, 0.6) is 11.5 Å². The van der Waals surface area contributed by atoms with E-state index in [2.05, 4.69) is 5.32 Å². The van der Waals surface area contributed by atoms with Crippen molar-refractivity contribution in [2.24, 2.45) is 0 Å². The van der Waals surface area contributed by atoms with Crippen molar-refractivity contribution in [2.75, 3.05) is 69.3 Å². The van der Waals surface area contributed by atoms with Gasteiger partial charge in [-0.2, -0.15) is 0 Å². The molecule has 2 heterocycles. The quantitative estimate of drug-likeness (QED) is 0.251. The highest BCUT2D eigenvalue weighted by atomic mass is 19.1. The summed E-state index contributed by atoms with van der Waals surface area (Å²) in [5.41, 5.74) is 0.789. The van der Waals surface area contributed by atoms with E-state index in [1.807, 2.05) is 0 Å². The Labute approximate surface area is 294 Å². The van der Waals surface area contributed by atoms with E-state index < -0.39 is 30.0 Å². The molecule has 15 heteroatoms. The van der Waals surface area contributed by atoms with E-state index in [1.54, 1.807) is 73.1 Å². The van der Waals surface area contributed by atoms with E-state index >= 15 is 0 Å². The number of piperazine rings is 1. The summed E-state index contributed by atoms with van der Waals surface area (Å²) in [6.45, 7) is 6.30. The highest BCUT2D eigenvalue weighted by Crippen LogP contribution is 2.37. The van der Waals surface area contributed by atoms with Crippen molar-refractivity contribution in [2.45, 2.75) is 32.9 Å². The fraction of sp³-hybridized carbons (Fsp3) is 0.361. The van der Waals surface area contributed by atoms with Crippen molar-refractivity contribution in [1.29, 1.82) is 0 Å². The number of carbonyl (C=O) groups is 3. The number of benzene rings is 3. The van der Waals surface area contributed by atoms with E-state index in [-0.39, 0.29) is 50.1 Å².